The van der Waals surface area contributed by atoms with Gasteiger partial charge in [0, 0.05) is 6.61 Å². The summed E-state index contributed by atoms with van der Waals surface area (Å²) in [6.45, 7) is 0.247. The van der Waals surface area contributed by atoms with Crippen LogP contribution in [0.3, 0.4) is 0 Å². The van der Waals surface area contributed by atoms with E-state index >= 15 is 0 Å². The maximum absolute atomic E-state index is 10.8. The quantitative estimate of drug-likeness (QED) is 0.628. The second kappa shape index (κ2) is 7.71. The van der Waals surface area contributed by atoms with E-state index in [0.717, 1.165) is 32.1 Å². The second-order valence-electron chi connectivity index (χ2n) is 5.20. The molecule has 4 atom stereocenters. The third kappa shape index (κ3) is 4.92. The number of aliphatic hydroxyl groups is 3. The molecule has 2 fully saturated rings. The summed E-state index contributed by atoms with van der Waals surface area (Å²) in [6, 6.07) is 0. The van der Waals surface area contributed by atoms with Gasteiger partial charge in [0.15, 0.2) is 0 Å². The van der Waals surface area contributed by atoms with Gasteiger partial charge in [-0.3, -0.25) is 4.79 Å². The molecular formula is C13H24O5. The monoisotopic (exact) mass is 260 g/mol. The average Bonchev–Trinajstić information content (AvgIpc) is 2.97. The van der Waals surface area contributed by atoms with Gasteiger partial charge in [0.05, 0.1) is 25.2 Å². The summed E-state index contributed by atoms with van der Waals surface area (Å²) >= 11 is 0. The molecule has 5 nitrogen and oxygen atoms in total. The Balaban J connectivity index is 0.000000184. The minimum absolute atomic E-state index is 0.0556. The zero-order valence-electron chi connectivity index (χ0n) is 10.9. The van der Waals surface area contributed by atoms with Crippen LogP contribution in [0, 0.1) is 11.8 Å². The van der Waals surface area contributed by atoms with Gasteiger partial charge in [-0.2, -0.15) is 0 Å². The van der Waals surface area contributed by atoms with Gasteiger partial charge >= 0.3 is 5.97 Å². The number of methoxy groups -OCH3 is 1. The molecule has 0 bridgehead atoms. The third-order valence-corrected chi connectivity index (χ3v) is 3.71. The summed E-state index contributed by atoms with van der Waals surface area (Å²) < 4.78 is 4.53. The number of aliphatic hydroxyl groups excluding tert-OH is 3. The maximum atomic E-state index is 10.8. The number of hydrogen-bond acceptors (Lipinski definition) is 5. The van der Waals surface area contributed by atoms with Gasteiger partial charge < -0.3 is 20.1 Å². The highest BCUT2D eigenvalue weighted by atomic mass is 16.5. The lowest BCUT2D eigenvalue weighted by molar-refractivity contribution is -0.145. The first-order chi connectivity index (χ1) is 8.56. The van der Waals surface area contributed by atoms with Crippen molar-refractivity contribution < 1.29 is 24.9 Å². The molecule has 0 spiro atoms. The molecule has 5 heteroatoms. The molecule has 0 amide bonds. The summed E-state index contributed by atoms with van der Waals surface area (Å²) in [7, 11) is 1.38. The molecule has 0 heterocycles. The Morgan fingerprint density at radius 2 is 1.72 bits per heavy atom. The molecule has 2 saturated carbocycles. The van der Waals surface area contributed by atoms with Crippen LogP contribution >= 0.6 is 0 Å². The molecule has 18 heavy (non-hydrogen) atoms. The first kappa shape index (κ1) is 15.4. The van der Waals surface area contributed by atoms with E-state index in [4.69, 9.17) is 15.3 Å². The molecule has 0 radical (unpaired) electrons. The molecular weight excluding hydrogens is 236 g/mol. The number of rotatable bonds is 2. The maximum Gasteiger partial charge on any atom is 0.308 e. The van der Waals surface area contributed by atoms with E-state index in [9.17, 15) is 4.79 Å². The predicted molar refractivity (Wildman–Crippen MR) is 65.8 cm³/mol. The van der Waals surface area contributed by atoms with Crippen LogP contribution in [0.4, 0.5) is 0 Å². The fourth-order valence-electron chi connectivity index (χ4n) is 2.55. The first-order valence-electron chi connectivity index (χ1n) is 6.61. The zero-order valence-corrected chi connectivity index (χ0v) is 10.9. The van der Waals surface area contributed by atoms with E-state index < -0.39 is 0 Å². The smallest absolute Gasteiger partial charge is 0.308 e. The highest BCUT2D eigenvalue weighted by molar-refractivity contribution is 5.72. The number of esters is 1. The topological polar surface area (TPSA) is 87.0 Å². The Morgan fingerprint density at radius 3 is 2.06 bits per heavy atom. The summed E-state index contributed by atoms with van der Waals surface area (Å²) in [5, 5.41) is 26.5. The first-order valence-corrected chi connectivity index (χ1v) is 6.61. The van der Waals surface area contributed by atoms with Crippen molar-refractivity contribution in [1.29, 1.82) is 0 Å². The van der Waals surface area contributed by atoms with E-state index in [1.54, 1.807) is 0 Å². The molecule has 2 aliphatic rings. The molecule has 2 aliphatic carbocycles. The highest BCUT2D eigenvalue weighted by Gasteiger charge is 2.28. The fraction of sp³-hybridized carbons (Fsp3) is 0.923. The summed E-state index contributed by atoms with van der Waals surface area (Å²) in [6.07, 6.45) is 4.34. The van der Waals surface area contributed by atoms with Crippen LogP contribution in [0.5, 0.6) is 0 Å². The van der Waals surface area contributed by atoms with Crippen LogP contribution in [0.1, 0.15) is 38.5 Å². The second-order valence-corrected chi connectivity index (χ2v) is 5.20. The normalized spacial score (nSPS) is 34.9. The summed E-state index contributed by atoms with van der Waals surface area (Å²) in [4.78, 5) is 10.8. The Morgan fingerprint density at radius 1 is 1.11 bits per heavy atom. The van der Waals surface area contributed by atoms with Crippen LogP contribution in [-0.4, -0.2) is 47.2 Å². The van der Waals surface area contributed by atoms with Gasteiger partial charge in [0.25, 0.3) is 0 Å². The Hall–Kier alpha value is -0.650. The molecule has 0 saturated heterocycles. The van der Waals surface area contributed by atoms with Crippen LogP contribution < -0.4 is 0 Å². The van der Waals surface area contributed by atoms with Crippen LogP contribution in [0.25, 0.3) is 0 Å². The summed E-state index contributed by atoms with van der Waals surface area (Å²) in [5.74, 6) is 0.140. The van der Waals surface area contributed by atoms with Crippen LogP contribution in [0.15, 0.2) is 0 Å². The Labute approximate surface area is 108 Å². The van der Waals surface area contributed by atoms with E-state index in [0.29, 0.717) is 12.3 Å². The molecule has 0 aromatic rings. The molecule has 0 unspecified atom stereocenters. The molecule has 106 valence electrons. The third-order valence-electron chi connectivity index (χ3n) is 3.71. The van der Waals surface area contributed by atoms with Crippen molar-refractivity contribution in [2.24, 2.45) is 11.8 Å². The van der Waals surface area contributed by atoms with E-state index in [-0.39, 0.29) is 30.7 Å². The zero-order chi connectivity index (χ0) is 13.5. The van der Waals surface area contributed by atoms with Crippen molar-refractivity contribution in [3.05, 3.63) is 0 Å². The van der Waals surface area contributed by atoms with Gasteiger partial charge in [-0.1, -0.05) is 0 Å². The predicted octanol–water partition coefficient (Wildman–Crippen LogP) is 0.460. The lowest BCUT2D eigenvalue weighted by atomic mass is 10.1. The van der Waals surface area contributed by atoms with Gasteiger partial charge in [-0.15, -0.1) is 0 Å². The molecule has 3 N–H and O–H groups in total. The summed E-state index contributed by atoms with van der Waals surface area (Å²) in [5.41, 5.74) is 0. The van der Waals surface area contributed by atoms with Crippen molar-refractivity contribution in [2.75, 3.05) is 13.7 Å². The van der Waals surface area contributed by atoms with E-state index in [1.807, 2.05) is 0 Å². The van der Waals surface area contributed by atoms with Crippen molar-refractivity contribution >= 4 is 5.97 Å². The number of carbonyl (C=O) groups is 1. The Bertz CT molecular complexity index is 256. The number of ether oxygens (including phenoxy) is 1. The lowest BCUT2D eigenvalue weighted by Gasteiger charge is -2.04. The SMILES string of the molecule is COC(=O)[C@H]1CC[C@H](O)C1.OC[C@H]1CC[C@H](O)C1. The Kier molecular flexibility index (Phi) is 6.60. The van der Waals surface area contributed by atoms with Gasteiger partial charge in [-0.05, 0) is 44.4 Å². The standard InChI is InChI=1S/C7H12O3.C6H12O2/c1-10-7(9)5-2-3-6(8)4-5;7-4-5-1-2-6(8)3-5/h5-6,8H,2-4H2,1H3;5-8H,1-4H2/t2*5-,6-/m00/s1. The molecule has 0 aromatic heterocycles. The van der Waals surface area contributed by atoms with Gasteiger partial charge in [0.1, 0.15) is 0 Å². The van der Waals surface area contributed by atoms with Gasteiger partial charge in [0.2, 0.25) is 0 Å². The fourth-order valence-corrected chi connectivity index (χ4v) is 2.55. The van der Waals surface area contributed by atoms with Crippen molar-refractivity contribution in [1.82, 2.24) is 0 Å². The highest BCUT2D eigenvalue weighted by Crippen LogP contribution is 2.26. The minimum Gasteiger partial charge on any atom is -0.469 e. The molecule has 0 aliphatic heterocycles. The van der Waals surface area contributed by atoms with E-state index in [2.05, 4.69) is 4.74 Å². The lowest BCUT2D eigenvalue weighted by Crippen LogP contribution is -2.13. The van der Waals surface area contributed by atoms with Crippen molar-refractivity contribution in [2.45, 2.75) is 50.7 Å². The van der Waals surface area contributed by atoms with Crippen molar-refractivity contribution in [3.63, 3.8) is 0 Å². The van der Waals surface area contributed by atoms with Crippen LogP contribution in [-0.2, 0) is 9.53 Å². The van der Waals surface area contributed by atoms with Crippen molar-refractivity contribution in [3.8, 4) is 0 Å². The van der Waals surface area contributed by atoms with Crippen LogP contribution in [0.2, 0.25) is 0 Å². The average molecular weight is 260 g/mol. The van der Waals surface area contributed by atoms with E-state index in [1.165, 1.54) is 7.11 Å². The van der Waals surface area contributed by atoms with Gasteiger partial charge in [-0.25, -0.2) is 0 Å². The largest absolute Gasteiger partial charge is 0.469 e. The number of hydrogen-bond donors (Lipinski definition) is 3. The molecule has 0 aromatic carbocycles. The molecule has 2 rings (SSSR count). The number of carbonyl (C=O) groups excluding carboxylic acids is 1. The minimum atomic E-state index is -0.288.